The zero-order valence-corrected chi connectivity index (χ0v) is 8.49. The molecule has 0 aromatic carbocycles. The number of amides is 2. The van der Waals surface area contributed by atoms with Gasteiger partial charge in [-0.15, -0.1) is 0 Å². The standard InChI is InChI=1S/C10H13N3O2/c1-8(14)12-7-10(15)13-6-9-2-4-11-5-3-9/h2-5H,6-7H2,1H3,(H,12,14)(H,13,15). The van der Waals surface area contributed by atoms with E-state index in [9.17, 15) is 9.59 Å². The van der Waals surface area contributed by atoms with E-state index in [0.717, 1.165) is 5.56 Å². The summed E-state index contributed by atoms with van der Waals surface area (Å²) in [5.74, 6) is -0.420. The van der Waals surface area contributed by atoms with Gasteiger partial charge >= 0.3 is 0 Å². The summed E-state index contributed by atoms with van der Waals surface area (Å²) >= 11 is 0. The molecule has 0 radical (unpaired) electrons. The maximum atomic E-state index is 11.2. The molecule has 15 heavy (non-hydrogen) atoms. The van der Waals surface area contributed by atoms with Gasteiger partial charge in [0.2, 0.25) is 11.8 Å². The number of pyridine rings is 1. The van der Waals surface area contributed by atoms with Gasteiger partial charge in [-0.2, -0.15) is 0 Å². The third-order valence-electron chi connectivity index (χ3n) is 1.74. The second-order valence-electron chi connectivity index (χ2n) is 3.04. The van der Waals surface area contributed by atoms with Crippen LogP contribution in [0.3, 0.4) is 0 Å². The van der Waals surface area contributed by atoms with Crippen molar-refractivity contribution in [2.24, 2.45) is 0 Å². The summed E-state index contributed by atoms with van der Waals surface area (Å²) in [5, 5.41) is 5.09. The van der Waals surface area contributed by atoms with E-state index in [0.29, 0.717) is 6.54 Å². The first-order chi connectivity index (χ1) is 7.18. The topological polar surface area (TPSA) is 71.1 Å². The number of carbonyl (C=O) groups excluding carboxylic acids is 2. The highest BCUT2D eigenvalue weighted by molar-refractivity contribution is 5.83. The minimum absolute atomic E-state index is 0.0143. The van der Waals surface area contributed by atoms with E-state index in [1.165, 1.54) is 6.92 Å². The molecular formula is C10H13N3O2. The second kappa shape index (κ2) is 5.74. The fourth-order valence-corrected chi connectivity index (χ4v) is 0.969. The van der Waals surface area contributed by atoms with Crippen LogP contribution < -0.4 is 10.6 Å². The zero-order valence-electron chi connectivity index (χ0n) is 8.49. The van der Waals surface area contributed by atoms with Crippen molar-refractivity contribution in [1.29, 1.82) is 0 Å². The average Bonchev–Trinajstić information content (AvgIpc) is 2.25. The summed E-state index contributed by atoms with van der Waals surface area (Å²) < 4.78 is 0. The normalized spacial score (nSPS) is 9.40. The Balaban J connectivity index is 2.26. The van der Waals surface area contributed by atoms with Crippen LogP contribution in [-0.4, -0.2) is 23.3 Å². The van der Waals surface area contributed by atoms with Crippen LogP contribution in [0.5, 0.6) is 0 Å². The Hall–Kier alpha value is -1.91. The number of nitrogens with one attached hydrogen (secondary N) is 2. The Bertz CT molecular complexity index is 338. The molecule has 1 aromatic heterocycles. The molecule has 0 atom stereocenters. The summed E-state index contributed by atoms with van der Waals surface area (Å²) in [5.41, 5.74) is 0.973. The lowest BCUT2D eigenvalue weighted by molar-refractivity contribution is -0.125. The van der Waals surface area contributed by atoms with E-state index in [4.69, 9.17) is 0 Å². The van der Waals surface area contributed by atoms with Crippen LogP contribution in [0.4, 0.5) is 0 Å². The van der Waals surface area contributed by atoms with Crippen molar-refractivity contribution in [1.82, 2.24) is 15.6 Å². The Kier molecular flexibility index (Phi) is 4.28. The first-order valence-corrected chi connectivity index (χ1v) is 4.58. The molecule has 0 unspecified atom stereocenters. The summed E-state index contributed by atoms with van der Waals surface area (Å²) in [6.07, 6.45) is 3.32. The van der Waals surface area contributed by atoms with Gasteiger partial charge in [-0.1, -0.05) is 0 Å². The molecule has 0 bridgehead atoms. The lowest BCUT2D eigenvalue weighted by Gasteiger charge is -2.05. The lowest BCUT2D eigenvalue weighted by atomic mass is 10.3. The van der Waals surface area contributed by atoms with Gasteiger partial charge in [0.25, 0.3) is 0 Å². The van der Waals surface area contributed by atoms with Gasteiger partial charge in [-0.3, -0.25) is 14.6 Å². The summed E-state index contributed by atoms with van der Waals surface area (Å²) in [6, 6.07) is 3.64. The van der Waals surface area contributed by atoms with E-state index >= 15 is 0 Å². The molecule has 0 aliphatic rings. The van der Waals surface area contributed by atoms with Crippen molar-refractivity contribution in [2.75, 3.05) is 6.54 Å². The maximum absolute atomic E-state index is 11.2. The van der Waals surface area contributed by atoms with Crippen molar-refractivity contribution < 1.29 is 9.59 Å². The third kappa shape index (κ3) is 4.75. The summed E-state index contributed by atoms with van der Waals surface area (Å²) in [7, 11) is 0. The Morgan fingerprint density at radius 3 is 2.53 bits per heavy atom. The van der Waals surface area contributed by atoms with Gasteiger partial charge in [0.1, 0.15) is 0 Å². The molecule has 0 saturated carbocycles. The monoisotopic (exact) mass is 207 g/mol. The molecule has 0 fully saturated rings. The number of carbonyl (C=O) groups is 2. The molecule has 0 saturated heterocycles. The zero-order chi connectivity index (χ0) is 11.1. The SMILES string of the molecule is CC(=O)NCC(=O)NCc1ccncc1. The van der Waals surface area contributed by atoms with Crippen molar-refractivity contribution in [3.63, 3.8) is 0 Å². The molecule has 1 heterocycles. The molecule has 0 aliphatic heterocycles. The van der Waals surface area contributed by atoms with E-state index in [1.54, 1.807) is 12.4 Å². The largest absolute Gasteiger partial charge is 0.350 e. The molecule has 0 spiro atoms. The molecule has 5 nitrogen and oxygen atoms in total. The highest BCUT2D eigenvalue weighted by Gasteiger charge is 2.01. The van der Waals surface area contributed by atoms with Gasteiger partial charge in [0.05, 0.1) is 6.54 Å². The van der Waals surface area contributed by atoms with E-state index in [1.807, 2.05) is 12.1 Å². The predicted molar refractivity (Wildman–Crippen MR) is 54.8 cm³/mol. The van der Waals surface area contributed by atoms with Crippen molar-refractivity contribution in [2.45, 2.75) is 13.5 Å². The quantitative estimate of drug-likeness (QED) is 0.720. The Labute approximate surface area is 87.9 Å². The first kappa shape index (κ1) is 11.2. The minimum Gasteiger partial charge on any atom is -0.350 e. The van der Waals surface area contributed by atoms with Crippen molar-refractivity contribution in [3.05, 3.63) is 30.1 Å². The van der Waals surface area contributed by atoms with Crippen LogP contribution in [0.1, 0.15) is 12.5 Å². The summed E-state index contributed by atoms with van der Waals surface area (Å²) in [4.78, 5) is 25.6. The molecular weight excluding hydrogens is 194 g/mol. The number of hydrogen-bond donors (Lipinski definition) is 2. The lowest BCUT2D eigenvalue weighted by Crippen LogP contribution is -2.35. The van der Waals surface area contributed by atoms with Crippen LogP contribution in [0.25, 0.3) is 0 Å². The number of nitrogens with zero attached hydrogens (tertiary/aromatic N) is 1. The number of aromatic nitrogens is 1. The van der Waals surface area contributed by atoms with Gasteiger partial charge in [-0.25, -0.2) is 0 Å². The molecule has 0 aliphatic carbocycles. The first-order valence-electron chi connectivity index (χ1n) is 4.58. The van der Waals surface area contributed by atoms with Crippen LogP contribution in [-0.2, 0) is 16.1 Å². The van der Waals surface area contributed by atoms with Crippen LogP contribution in [0.15, 0.2) is 24.5 Å². The Morgan fingerprint density at radius 1 is 1.27 bits per heavy atom. The van der Waals surface area contributed by atoms with Gasteiger partial charge in [0, 0.05) is 25.9 Å². The highest BCUT2D eigenvalue weighted by atomic mass is 16.2. The van der Waals surface area contributed by atoms with Crippen LogP contribution in [0.2, 0.25) is 0 Å². The number of hydrogen-bond acceptors (Lipinski definition) is 3. The van der Waals surface area contributed by atoms with E-state index in [-0.39, 0.29) is 18.4 Å². The minimum atomic E-state index is -0.214. The predicted octanol–water partition coefficient (Wildman–Crippen LogP) is -0.166. The molecule has 1 aromatic rings. The van der Waals surface area contributed by atoms with Gasteiger partial charge in [0.15, 0.2) is 0 Å². The maximum Gasteiger partial charge on any atom is 0.239 e. The molecule has 80 valence electrons. The van der Waals surface area contributed by atoms with E-state index in [2.05, 4.69) is 15.6 Å². The average molecular weight is 207 g/mol. The highest BCUT2D eigenvalue weighted by Crippen LogP contribution is 1.94. The number of rotatable bonds is 4. The van der Waals surface area contributed by atoms with Gasteiger partial charge < -0.3 is 10.6 Å². The third-order valence-corrected chi connectivity index (χ3v) is 1.74. The molecule has 1 rings (SSSR count). The smallest absolute Gasteiger partial charge is 0.239 e. The van der Waals surface area contributed by atoms with Crippen LogP contribution in [0, 0.1) is 0 Å². The fourth-order valence-electron chi connectivity index (χ4n) is 0.969. The molecule has 5 heteroatoms. The molecule has 2 amide bonds. The second-order valence-corrected chi connectivity index (χ2v) is 3.04. The molecule has 2 N–H and O–H groups in total. The van der Waals surface area contributed by atoms with Crippen molar-refractivity contribution in [3.8, 4) is 0 Å². The van der Waals surface area contributed by atoms with Crippen LogP contribution >= 0.6 is 0 Å². The Morgan fingerprint density at radius 2 is 1.93 bits per heavy atom. The summed E-state index contributed by atoms with van der Waals surface area (Å²) in [6.45, 7) is 1.83. The van der Waals surface area contributed by atoms with Crippen molar-refractivity contribution >= 4 is 11.8 Å². The van der Waals surface area contributed by atoms with E-state index < -0.39 is 0 Å². The fraction of sp³-hybridized carbons (Fsp3) is 0.300. The van der Waals surface area contributed by atoms with Gasteiger partial charge in [-0.05, 0) is 17.7 Å².